The fourth-order valence-corrected chi connectivity index (χ4v) is 1.77. The molecule has 3 heteroatoms. The maximum atomic E-state index is 10.7. The van der Waals surface area contributed by atoms with E-state index in [-0.39, 0.29) is 0 Å². The minimum absolute atomic E-state index is 0.445. The average molecular weight is 226 g/mol. The smallest absolute Gasteiger partial charge is 0.168 e. The normalized spacial score (nSPS) is 10.2. The van der Waals surface area contributed by atoms with Crippen LogP contribution in [0.5, 0.6) is 0 Å². The molecule has 0 unspecified atom stereocenters. The highest BCUT2D eigenvalue weighted by Gasteiger charge is 2.04. The Bertz CT molecular complexity index is 550. The van der Waals surface area contributed by atoms with Crippen molar-refractivity contribution in [3.8, 4) is 0 Å². The number of aldehydes is 1. The topological polar surface area (TPSA) is 42.9 Å². The number of hydrogen-bond acceptors (Lipinski definition) is 3. The van der Waals surface area contributed by atoms with Gasteiger partial charge in [0.05, 0.1) is 0 Å². The zero-order valence-electron chi connectivity index (χ0n) is 9.97. The molecule has 0 fully saturated rings. The summed E-state index contributed by atoms with van der Waals surface area (Å²) >= 11 is 0. The summed E-state index contributed by atoms with van der Waals surface area (Å²) < 4.78 is 0. The standard InChI is InChI=1S/C14H14N2O/c1-10-5-3-4-6-12(10)8-14-15-11(2)7-13(9-17)16-14/h3-7,9H,8H2,1-2H3. The second-order valence-electron chi connectivity index (χ2n) is 4.07. The molecule has 0 N–H and O–H groups in total. The lowest BCUT2D eigenvalue weighted by Crippen LogP contribution is -2.02. The van der Waals surface area contributed by atoms with Crippen molar-refractivity contribution in [2.75, 3.05) is 0 Å². The second kappa shape index (κ2) is 4.87. The molecule has 0 spiro atoms. The van der Waals surface area contributed by atoms with Crippen LogP contribution < -0.4 is 0 Å². The van der Waals surface area contributed by atoms with Gasteiger partial charge in [0.2, 0.25) is 0 Å². The van der Waals surface area contributed by atoms with E-state index >= 15 is 0 Å². The lowest BCUT2D eigenvalue weighted by atomic mass is 10.1. The number of hydrogen-bond donors (Lipinski definition) is 0. The van der Waals surface area contributed by atoms with Gasteiger partial charge in [-0.25, -0.2) is 9.97 Å². The number of carbonyl (C=O) groups is 1. The molecule has 0 amide bonds. The number of rotatable bonds is 3. The lowest BCUT2D eigenvalue weighted by Gasteiger charge is -2.05. The van der Waals surface area contributed by atoms with Crippen molar-refractivity contribution in [2.45, 2.75) is 20.3 Å². The van der Waals surface area contributed by atoms with E-state index in [4.69, 9.17) is 0 Å². The Labute approximate surface area is 101 Å². The molecule has 0 saturated carbocycles. The summed E-state index contributed by atoms with van der Waals surface area (Å²) in [6.07, 6.45) is 1.42. The van der Waals surface area contributed by atoms with Gasteiger partial charge in [-0.15, -0.1) is 0 Å². The van der Waals surface area contributed by atoms with E-state index in [1.165, 1.54) is 11.1 Å². The Balaban J connectivity index is 2.33. The molecule has 0 radical (unpaired) electrons. The van der Waals surface area contributed by atoms with Crippen LogP contribution in [0.15, 0.2) is 30.3 Å². The molecule has 3 nitrogen and oxygen atoms in total. The maximum absolute atomic E-state index is 10.7. The van der Waals surface area contributed by atoms with Gasteiger partial charge in [0.25, 0.3) is 0 Å². The third-order valence-electron chi connectivity index (χ3n) is 2.65. The van der Waals surface area contributed by atoms with E-state index in [0.717, 1.165) is 12.0 Å². The molecule has 0 aliphatic carbocycles. The fraction of sp³-hybridized carbons (Fsp3) is 0.214. The molecule has 1 heterocycles. The first-order chi connectivity index (χ1) is 8.19. The quantitative estimate of drug-likeness (QED) is 0.755. The number of carbonyl (C=O) groups excluding carboxylic acids is 1. The summed E-state index contributed by atoms with van der Waals surface area (Å²) in [6, 6.07) is 9.81. The van der Waals surface area contributed by atoms with E-state index < -0.39 is 0 Å². The van der Waals surface area contributed by atoms with Gasteiger partial charge in [0.15, 0.2) is 6.29 Å². The highest BCUT2D eigenvalue weighted by molar-refractivity contribution is 5.71. The highest BCUT2D eigenvalue weighted by atomic mass is 16.1. The molecule has 2 rings (SSSR count). The first-order valence-electron chi connectivity index (χ1n) is 5.53. The van der Waals surface area contributed by atoms with Gasteiger partial charge in [0.1, 0.15) is 11.5 Å². The molecule has 0 saturated heterocycles. The summed E-state index contributed by atoms with van der Waals surface area (Å²) in [5.74, 6) is 0.696. The van der Waals surface area contributed by atoms with Gasteiger partial charge in [-0.3, -0.25) is 4.79 Å². The zero-order chi connectivity index (χ0) is 12.3. The van der Waals surface area contributed by atoms with Gasteiger partial charge in [-0.2, -0.15) is 0 Å². The molecule has 0 atom stereocenters. The maximum Gasteiger partial charge on any atom is 0.168 e. The summed E-state index contributed by atoms with van der Waals surface area (Å²) in [6.45, 7) is 3.93. The molecule has 86 valence electrons. The van der Waals surface area contributed by atoms with Crippen LogP contribution in [-0.4, -0.2) is 16.3 Å². The number of benzene rings is 1. The fourth-order valence-electron chi connectivity index (χ4n) is 1.77. The predicted octanol–water partition coefficient (Wildman–Crippen LogP) is 2.50. The van der Waals surface area contributed by atoms with E-state index in [9.17, 15) is 4.79 Å². The van der Waals surface area contributed by atoms with Gasteiger partial charge < -0.3 is 0 Å². The van der Waals surface area contributed by atoms with Crippen LogP contribution in [0.1, 0.15) is 33.1 Å². The van der Waals surface area contributed by atoms with E-state index in [1.807, 2.05) is 19.1 Å². The van der Waals surface area contributed by atoms with Crippen molar-refractivity contribution >= 4 is 6.29 Å². The predicted molar refractivity (Wildman–Crippen MR) is 66.1 cm³/mol. The van der Waals surface area contributed by atoms with Crippen LogP contribution in [0, 0.1) is 13.8 Å². The molecule has 0 bridgehead atoms. The highest BCUT2D eigenvalue weighted by Crippen LogP contribution is 2.11. The summed E-state index contributed by atoms with van der Waals surface area (Å²) in [7, 11) is 0. The van der Waals surface area contributed by atoms with Crippen molar-refractivity contribution in [2.24, 2.45) is 0 Å². The van der Waals surface area contributed by atoms with Crippen LogP contribution in [0.3, 0.4) is 0 Å². The second-order valence-corrected chi connectivity index (χ2v) is 4.07. The Morgan fingerprint density at radius 1 is 1.18 bits per heavy atom. The largest absolute Gasteiger partial charge is 0.296 e. The molecule has 17 heavy (non-hydrogen) atoms. The summed E-state index contributed by atoms with van der Waals surface area (Å²) in [4.78, 5) is 19.3. The van der Waals surface area contributed by atoms with E-state index in [2.05, 4.69) is 29.0 Å². The van der Waals surface area contributed by atoms with Crippen LogP contribution in [0.2, 0.25) is 0 Å². The minimum Gasteiger partial charge on any atom is -0.296 e. The Kier molecular flexibility index (Phi) is 3.28. The van der Waals surface area contributed by atoms with Crippen molar-refractivity contribution in [3.63, 3.8) is 0 Å². The van der Waals surface area contributed by atoms with Crippen LogP contribution >= 0.6 is 0 Å². The molecular formula is C14H14N2O. The Morgan fingerprint density at radius 3 is 2.65 bits per heavy atom. The van der Waals surface area contributed by atoms with E-state index in [0.29, 0.717) is 17.9 Å². The molecule has 0 aliphatic rings. The zero-order valence-corrected chi connectivity index (χ0v) is 9.97. The average Bonchev–Trinajstić information content (AvgIpc) is 2.31. The molecule has 1 aromatic carbocycles. The van der Waals surface area contributed by atoms with E-state index in [1.54, 1.807) is 6.07 Å². The lowest BCUT2D eigenvalue weighted by molar-refractivity contribution is 0.111. The monoisotopic (exact) mass is 226 g/mol. The summed E-state index contributed by atoms with van der Waals surface area (Å²) in [5, 5.41) is 0. The first kappa shape index (κ1) is 11.5. The third kappa shape index (κ3) is 2.75. The number of aryl methyl sites for hydroxylation is 2. The van der Waals surface area contributed by atoms with Crippen LogP contribution in [0.4, 0.5) is 0 Å². The number of aromatic nitrogens is 2. The van der Waals surface area contributed by atoms with Crippen LogP contribution in [-0.2, 0) is 6.42 Å². The van der Waals surface area contributed by atoms with Crippen molar-refractivity contribution in [3.05, 3.63) is 58.7 Å². The summed E-state index contributed by atoms with van der Waals surface area (Å²) in [5.41, 5.74) is 3.67. The Morgan fingerprint density at radius 2 is 1.94 bits per heavy atom. The molecule has 1 aromatic heterocycles. The van der Waals surface area contributed by atoms with Crippen molar-refractivity contribution in [1.82, 2.24) is 9.97 Å². The van der Waals surface area contributed by atoms with Gasteiger partial charge in [-0.05, 0) is 31.0 Å². The van der Waals surface area contributed by atoms with Gasteiger partial charge in [0, 0.05) is 12.1 Å². The molecular weight excluding hydrogens is 212 g/mol. The van der Waals surface area contributed by atoms with Crippen molar-refractivity contribution in [1.29, 1.82) is 0 Å². The SMILES string of the molecule is Cc1cc(C=O)nc(Cc2ccccc2C)n1. The molecule has 0 aliphatic heterocycles. The van der Waals surface area contributed by atoms with Crippen molar-refractivity contribution < 1.29 is 4.79 Å². The van der Waals surface area contributed by atoms with Crippen LogP contribution in [0.25, 0.3) is 0 Å². The number of nitrogens with zero attached hydrogens (tertiary/aromatic N) is 2. The molecule has 2 aromatic rings. The minimum atomic E-state index is 0.445. The van der Waals surface area contributed by atoms with Gasteiger partial charge in [-0.1, -0.05) is 24.3 Å². The third-order valence-corrected chi connectivity index (χ3v) is 2.65. The van der Waals surface area contributed by atoms with Gasteiger partial charge >= 0.3 is 0 Å². The first-order valence-corrected chi connectivity index (χ1v) is 5.53. The Hall–Kier alpha value is -2.03.